The number of amides is 1. The van der Waals surface area contributed by atoms with Gasteiger partial charge < -0.3 is 14.6 Å². The number of nitrogens with one attached hydrogen (secondary N) is 1. The number of fused-ring (bicyclic) bond motifs is 3. The number of ether oxygens (including phenoxy) is 1. The van der Waals surface area contributed by atoms with Crippen LogP contribution in [-0.4, -0.2) is 34.9 Å². The van der Waals surface area contributed by atoms with Gasteiger partial charge in [0.25, 0.3) is 5.91 Å². The van der Waals surface area contributed by atoms with Crippen LogP contribution in [0.5, 0.6) is 0 Å². The van der Waals surface area contributed by atoms with Gasteiger partial charge in [-0.15, -0.1) is 0 Å². The van der Waals surface area contributed by atoms with Gasteiger partial charge in [0, 0.05) is 34.2 Å². The van der Waals surface area contributed by atoms with Crippen molar-refractivity contribution in [3.8, 4) is 0 Å². The van der Waals surface area contributed by atoms with E-state index in [0.717, 1.165) is 32.2 Å². The van der Waals surface area contributed by atoms with Crippen LogP contribution in [0.25, 0.3) is 22.6 Å². The Labute approximate surface area is 183 Å². The SMILES string of the molecule is CCOC(=O)C1=CN(C(=O)/C=C/c2cccc(Br)c2)CCc2c1[nH]c1ccccc21. The highest BCUT2D eigenvalue weighted by molar-refractivity contribution is 9.10. The lowest BCUT2D eigenvalue weighted by Crippen LogP contribution is -2.26. The zero-order valence-corrected chi connectivity index (χ0v) is 18.1. The van der Waals surface area contributed by atoms with E-state index >= 15 is 0 Å². The Hall–Kier alpha value is -3.12. The van der Waals surface area contributed by atoms with Gasteiger partial charge >= 0.3 is 5.97 Å². The van der Waals surface area contributed by atoms with Crippen molar-refractivity contribution in [3.63, 3.8) is 0 Å². The van der Waals surface area contributed by atoms with Crippen molar-refractivity contribution in [1.29, 1.82) is 0 Å². The first-order valence-corrected chi connectivity index (χ1v) is 10.6. The van der Waals surface area contributed by atoms with Crippen molar-refractivity contribution < 1.29 is 14.3 Å². The number of nitrogens with zero attached hydrogens (tertiary/aromatic N) is 1. The lowest BCUT2D eigenvalue weighted by molar-refractivity contribution is -0.136. The number of hydrogen-bond acceptors (Lipinski definition) is 3. The van der Waals surface area contributed by atoms with Crippen LogP contribution in [0.1, 0.15) is 23.7 Å². The van der Waals surface area contributed by atoms with Gasteiger partial charge in [0.2, 0.25) is 0 Å². The average Bonchev–Trinajstić information content (AvgIpc) is 2.99. The molecule has 1 aliphatic heterocycles. The van der Waals surface area contributed by atoms with Crippen LogP contribution in [0.15, 0.2) is 65.3 Å². The van der Waals surface area contributed by atoms with Crippen molar-refractivity contribution in [1.82, 2.24) is 9.88 Å². The fraction of sp³-hybridized carbons (Fsp3) is 0.167. The second-order valence-corrected chi connectivity index (χ2v) is 7.87. The van der Waals surface area contributed by atoms with Crippen molar-refractivity contribution >= 4 is 50.4 Å². The summed E-state index contributed by atoms with van der Waals surface area (Å²) in [6.07, 6.45) is 5.53. The number of benzene rings is 2. The smallest absolute Gasteiger partial charge is 0.341 e. The van der Waals surface area contributed by atoms with Crippen molar-refractivity contribution in [2.45, 2.75) is 13.3 Å². The number of esters is 1. The van der Waals surface area contributed by atoms with Crippen molar-refractivity contribution in [2.24, 2.45) is 0 Å². The van der Waals surface area contributed by atoms with E-state index in [1.807, 2.05) is 48.5 Å². The summed E-state index contributed by atoms with van der Waals surface area (Å²) in [4.78, 5) is 30.5. The maximum Gasteiger partial charge on any atom is 0.341 e. The van der Waals surface area contributed by atoms with Gasteiger partial charge in [0.1, 0.15) is 0 Å². The minimum Gasteiger partial charge on any atom is -0.462 e. The molecule has 0 unspecified atom stereocenters. The summed E-state index contributed by atoms with van der Waals surface area (Å²) >= 11 is 3.43. The zero-order chi connectivity index (χ0) is 21.1. The monoisotopic (exact) mass is 464 g/mol. The molecule has 1 N–H and O–H groups in total. The molecule has 0 saturated heterocycles. The molecule has 0 spiro atoms. The fourth-order valence-corrected chi connectivity index (χ4v) is 4.03. The van der Waals surface area contributed by atoms with Crippen molar-refractivity contribution in [2.75, 3.05) is 13.2 Å². The minimum atomic E-state index is -0.444. The lowest BCUT2D eigenvalue weighted by Gasteiger charge is -2.15. The predicted molar refractivity (Wildman–Crippen MR) is 122 cm³/mol. The van der Waals surface area contributed by atoms with Crippen LogP contribution < -0.4 is 0 Å². The Balaban J connectivity index is 1.69. The molecule has 0 bridgehead atoms. The largest absolute Gasteiger partial charge is 0.462 e. The van der Waals surface area contributed by atoms with Crippen LogP contribution in [0.3, 0.4) is 0 Å². The van der Waals surface area contributed by atoms with Gasteiger partial charge in [0.15, 0.2) is 0 Å². The van der Waals surface area contributed by atoms with Gasteiger partial charge in [-0.2, -0.15) is 0 Å². The van der Waals surface area contributed by atoms with E-state index in [1.165, 1.54) is 6.08 Å². The zero-order valence-electron chi connectivity index (χ0n) is 16.5. The molecule has 6 heteroatoms. The molecule has 3 aromatic rings. The Bertz CT molecular complexity index is 1180. The third-order valence-electron chi connectivity index (χ3n) is 5.02. The van der Waals surface area contributed by atoms with E-state index in [0.29, 0.717) is 18.5 Å². The number of hydrogen-bond donors (Lipinski definition) is 1. The van der Waals surface area contributed by atoms with E-state index in [2.05, 4.69) is 20.9 Å². The number of rotatable bonds is 4. The number of aromatic nitrogens is 1. The van der Waals surface area contributed by atoms with E-state index in [-0.39, 0.29) is 12.5 Å². The highest BCUT2D eigenvalue weighted by Crippen LogP contribution is 2.31. The molecule has 2 heterocycles. The first-order valence-electron chi connectivity index (χ1n) is 9.80. The molecule has 0 atom stereocenters. The van der Waals surface area contributed by atoms with E-state index in [9.17, 15) is 9.59 Å². The molecule has 1 aliphatic rings. The third kappa shape index (κ3) is 4.09. The number of para-hydroxylation sites is 1. The van der Waals surface area contributed by atoms with E-state index in [1.54, 1.807) is 24.1 Å². The first kappa shape index (κ1) is 20.2. The molecular formula is C24H21BrN2O3. The molecule has 1 aromatic heterocycles. The average molecular weight is 465 g/mol. The lowest BCUT2D eigenvalue weighted by atomic mass is 10.0. The van der Waals surface area contributed by atoms with Gasteiger partial charge in [0.05, 0.1) is 17.9 Å². The molecule has 4 rings (SSSR count). The summed E-state index contributed by atoms with van der Waals surface area (Å²) in [6, 6.07) is 15.6. The second kappa shape index (κ2) is 8.71. The standard InChI is InChI=1S/C24H21BrN2O3/c1-2-30-24(29)20-15-27(22(28)11-10-16-6-5-7-17(25)14-16)13-12-19-18-8-3-4-9-21(18)26-23(19)20/h3-11,14-15,26H,2,12-13H2,1H3/b11-10+. The molecular weight excluding hydrogens is 444 g/mol. The summed E-state index contributed by atoms with van der Waals surface area (Å²) in [5, 5.41) is 1.06. The summed E-state index contributed by atoms with van der Waals surface area (Å²) < 4.78 is 6.22. The number of carbonyl (C=O) groups is 2. The molecule has 0 fully saturated rings. The molecule has 2 aromatic carbocycles. The molecule has 0 saturated carbocycles. The molecule has 1 amide bonds. The summed E-state index contributed by atoms with van der Waals surface area (Å²) in [5.74, 6) is -0.632. The molecule has 5 nitrogen and oxygen atoms in total. The number of H-pyrrole nitrogens is 1. The molecule has 0 radical (unpaired) electrons. The Morgan fingerprint density at radius 3 is 2.83 bits per heavy atom. The number of carbonyl (C=O) groups excluding carboxylic acids is 2. The second-order valence-electron chi connectivity index (χ2n) is 6.96. The maximum atomic E-state index is 12.9. The summed E-state index contributed by atoms with van der Waals surface area (Å²) in [5.41, 5.74) is 3.99. The molecule has 0 aliphatic carbocycles. The van der Waals surface area contributed by atoms with Crippen LogP contribution >= 0.6 is 15.9 Å². The summed E-state index contributed by atoms with van der Waals surface area (Å²) in [7, 11) is 0. The highest BCUT2D eigenvalue weighted by Gasteiger charge is 2.26. The molecule has 152 valence electrons. The Morgan fingerprint density at radius 2 is 2.03 bits per heavy atom. The van der Waals surface area contributed by atoms with Crippen LogP contribution in [-0.2, 0) is 20.7 Å². The topological polar surface area (TPSA) is 62.4 Å². The number of aromatic amines is 1. The normalized spacial score (nSPS) is 13.8. The summed E-state index contributed by atoms with van der Waals surface area (Å²) in [6.45, 7) is 2.51. The fourth-order valence-electron chi connectivity index (χ4n) is 3.62. The van der Waals surface area contributed by atoms with E-state index in [4.69, 9.17) is 4.74 Å². The van der Waals surface area contributed by atoms with E-state index < -0.39 is 5.97 Å². The van der Waals surface area contributed by atoms with Gasteiger partial charge in [-0.05, 0) is 48.7 Å². The number of halogens is 1. The predicted octanol–water partition coefficient (Wildman–Crippen LogP) is 4.93. The van der Waals surface area contributed by atoms with Crippen LogP contribution in [0.4, 0.5) is 0 Å². The van der Waals surface area contributed by atoms with Crippen molar-refractivity contribution in [3.05, 3.63) is 82.1 Å². The Morgan fingerprint density at radius 1 is 1.20 bits per heavy atom. The third-order valence-corrected chi connectivity index (χ3v) is 5.51. The quantitative estimate of drug-likeness (QED) is 0.439. The molecule has 30 heavy (non-hydrogen) atoms. The van der Waals surface area contributed by atoms with Crippen LogP contribution in [0.2, 0.25) is 0 Å². The maximum absolute atomic E-state index is 12.9. The Kier molecular flexibility index (Phi) is 5.86. The van der Waals surface area contributed by atoms with Gasteiger partial charge in [-0.25, -0.2) is 4.79 Å². The minimum absolute atomic E-state index is 0.189. The van der Waals surface area contributed by atoms with Gasteiger partial charge in [-0.1, -0.05) is 46.3 Å². The van der Waals surface area contributed by atoms with Crippen LogP contribution in [0, 0.1) is 0 Å². The van der Waals surface area contributed by atoms with Gasteiger partial charge in [-0.3, -0.25) is 4.79 Å². The highest BCUT2D eigenvalue weighted by atomic mass is 79.9. The first-order chi connectivity index (χ1) is 14.6.